The maximum atomic E-state index is 14.0. The third kappa shape index (κ3) is 5.59. The Balaban J connectivity index is 1.62. The van der Waals surface area contributed by atoms with E-state index >= 15 is 0 Å². The van der Waals surface area contributed by atoms with Crippen molar-refractivity contribution in [2.24, 2.45) is 0 Å². The lowest BCUT2D eigenvalue weighted by Gasteiger charge is -2.24. The number of carbonyl (C=O) groups excluding carboxylic acids is 1. The van der Waals surface area contributed by atoms with Gasteiger partial charge in [0, 0.05) is 16.3 Å². The van der Waals surface area contributed by atoms with Crippen LogP contribution in [0, 0.1) is 20.8 Å². The van der Waals surface area contributed by atoms with E-state index in [-0.39, 0.29) is 11.3 Å². The number of hydrogen-bond acceptors (Lipinski definition) is 3. The van der Waals surface area contributed by atoms with Crippen LogP contribution in [0.25, 0.3) is 11.1 Å². The molecule has 1 unspecified atom stereocenters. The highest BCUT2D eigenvalue weighted by molar-refractivity contribution is 6.31. The molecule has 0 radical (unpaired) electrons. The van der Waals surface area contributed by atoms with Gasteiger partial charge in [0.1, 0.15) is 11.6 Å². The van der Waals surface area contributed by atoms with Gasteiger partial charge in [0.2, 0.25) is 0 Å². The Labute approximate surface area is 217 Å². The number of anilines is 1. The molecule has 1 atom stereocenters. The molecule has 0 spiro atoms. The van der Waals surface area contributed by atoms with Crippen LogP contribution in [0.2, 0.25) is 5.02 Å². The number of hydrogen-bond donors (Lipinski definition) is 3. The largest absolute Gasteiger partial charge is 0.480 e. The molecule has 0 bridgehead atoms. The first-order valence-corrected chi connectivity index (χ1v) is 12.1. The molecular weight excluding hydrogens is 505 g/mol. The summed E-state index contributed by atoms with van der Waals surface area (Å²) < 4.78 is 41.9. The lowest BCUT2D eigenvalue weighted by Crippen LogP contribution is -2.43. The Bertz CT molecular complexity index is 1360. The minimum absolute atomic E-state index is 0.0525. The van der Waals surface area contributed by atoms with Gasteiger partial charge in [0.15, 0.2) is 0 Å². The molecule has 3 aromatic rings. The molecule has 1 aliphatic carbocycles. The van der Waals surface area contributed by atoms with Crippen molar-refractivity contribution in [3.05, 3.63) is 87.4 Å². The molecule has 3 N–H and O–H groups in total. The van der Waals surface area contributed by atoms with Crippen LogP contribution in [0.4, 0.5) is 18.9 Å². The summed E-state index contributed by atoms with van der Waals surface area (Å²) >= 11 is 6.00. The van der Waals surface area contributed by atoms with Crippen LogP contribution in [0.1, 0.15) is 51.5 Å². The van der Waals surface area contributed by atoms with Crippen molar-refractivity contribution in [2.45, 2.75) is 51.4 Å². The van der Waals surface area contributed by atoms with Crippen molar-refractivity contribution in [3.63, 3.8) is 0 Å². The second-order valence-electron chi connectivity index (χ2n) is 9.53. The van der Waals surface area contributed by atoms with Crippen LogP contribution in [0.3, 0.4) is 0 Å². The first-order chi connectivity index (χ1) is 17.3. The molecule has 0 aliphatic heterocycles. The van der Waals surface area contributed by atoms with Gasteiger partial charge in [-0.2, -0.15) is 13.2 Å². The maximum absolute atomic E-state index is 14.0. The topological polar surface area (TPSA) is 78.4 Å². The molecule has 3 aromatic carbocycles. The number of aryl methyl sites for hydroxylation is 3. The highest BCUT2D eigenvalue weighted by atomic mass is 35.5. The van der Waals surface area contributed by atoms with E-state index in [9.17, 15) is 27.9 Å². The predicted octanol–water partition coefficient (Wildman–Crippen LogP) is 6.99. The first-order valence-electron chi connectivity index (χ1n) is 11.7. The van der Waals surface area contributed by atoms with Crippen molar-refractivity contribution in [1.29, 1.82) is 0 Å². The minimum atomic E-state index is -4.55. The van der Waals surface area contributed by atoms with Crippen molar-refractivity contribution < 1.29 is 27.9 Å². The van der Waals surface area contributed by atoms with Crippen molar-refractivity contribution in [3.8, 4) is 11.1 Å². The number of amides is 1. The summed E-state index contributed by atoms with van der Waals surface area (Å²) in [6, 6.07) is 12.5. The molecule has 9 heteroatoms. The van der Waals surface area contributed by atoms with Crippen LogP contribution in [-0.4, -0.2) is 28.7 Å². The number of benzene rings is 3. The predicted molar refractivity (Wildman–Crippen MR) is 137 cm³/mol. The van der Waals surface area contributed by atoms with Crippen molar-refractivity contribution in [2.75, 3.05) is 5.32 Å². The third-order valence-corrected chi connectivity index (χ3v) is 7.05. The van der Waals surface area contributed by atoms with Crippen LogP contribution < -0.4 is 10.6 Å². The average Bonchev–Trinajstić information content (AvgIpc) is 3.59. The summed E-state index contributed by atoms with van der Waals surface area (Å²) in [4.78, 5) is 24.3. The van der Waals surface area contributed by atoms with Crippen molar-refractivity contribution >= 4 is 29.2 Å². The molecule has 1 fully saturated rings. The lowest BCUT2D eigenvalue weighted by molar-refractivity contribution is -0.144. The van der Waals surface area contributed by atoms with Gasteiger partial charge in [0.05, 0.1) is 0 Å². The van der Waals surface area contributed by atoms with E-state index in [1.165, 1.54) is 18.2 Å². The Kier molecular flexibility index (Phi) is 6.99. The monoisotopic (exact) mass is 530 g/mol. The smallest absolute Gasteiger partial charge is 0.412 e. The van der Waals surface area contributed by atoms with Gasteiger partial charge in [-0.05, 0) is 85.2 Å². The molecule has 1 aliphatic rings. The van der Waals surface area contributed by atoms with Gasteiger partial charge in [-0.25, -0.2) is 4.79 Å². The zero-order valence-electron chi connectivity index (χ0n) is 20.5. The standard InChI is InChI=1S/C28H26ClF3N2O3/c1-15-11-19(7-8-22(15)29)24(28(30,31)32)33-21-6-4-5-18(14-21)20-12-16(2)23(17(3)13-20)25(35)34-27(9-10-27)26(36)37/h4-8,11-14,24,33H,9-10H2,1-3H3,(H,34,35)(H,36,37). The van der Waals surface area contributed by atoms with Gasteiger partial charge < -0.3 is 15.7 Å². The average molecular weight is 531 g/mol. The molecule has 1 amide bonds. The summed E-state index contributed by atoms with van der Waals surface area (Å²) in [5.74, 6) is -1.51. The number of alkyl halides is 3. The third-order valence-electron chi connectivity index (χ3n) is 6.62. The summed E-state index contributed by atoms with van der Waals surface area (Å²) in [5, 5.41) is 15.0. The molecule has 194 valence electrons. The number of halogens is 4. The molecule has 0 heterocycles. The summed E-state index contributed by atoms with van der Waals surface area (Å²) in [5.41, 5.74) is 2.73. The van der Waals surface area contributed by atoms with Crippen LogP contribution in [0.5, 0.6) is 0 Å². The number of rotatable bonds is 7. The minimum Gasteiger partial charge on any atom is -0.480 e. The van der Waals surface area contributed by atoms with E-state index in [1.807, 2.05) is 0 Å². The van der Waals surface area contributed by atoms with Gasteiger partial charge in [-0.15, -0.1) is 0 Å². The maximum Gasteiger partial charge on any atom is 0.412 e. The molecule has 0 aromatic heterocycles. The van der Waals surface area contributed by atoms with E-state index in [1.54, 1.807) is 57.2 Å². The molecule has 1 saturated carbocycles. The van der Waals surface area contributed by atoms with E-state index < -0.39 is 29.6 Å². The van der Waals surface area contributed by atoms with E-state index in [0.717, 1.165) is 5.56 Å². The molecular formula is C28H26ClF3N2O3. The number of nitrogens with one attached hydrogen (secondary N) is 2. The van der Waals surface area contributed by atoms with Gasteiger partial charge in [-0.3, -0.25) is 4.79 Å². The second-order valence-corrected chi connectivity index (χ2v) is 9.94. The number of carbonyl (C=O) groups is 2. The van der Waals surface area contributed by atoms with E-state index in [4.69, 9.17) is 11.6 Å². The van der Waals surface area contributed by atoms with Crippen LogP contribution in [-0.2, 0) is 4.79 Å². The highest BCUT2D eigenvalue weighted by Gasteiger charge is 2.51. The zero-order chi connectivity index (χ0) is 27.1. The number of aliphatic carboxylic acids is 1. The fraction of sp³-hybridized carbons (Fsp3) is 0.286. The molecule has 37 heavy (non-hydrogen) atoms. The molecule has 5 nitrogen and oxygen atoms in total. The van der Waals surface area contributed by atoms with Crippen LogP contribution in [0.15, 0.2) is 54.6 Å². The van der Waals surface area contributed by atoms with Crippen molar-refractivity contribution in [1.82, 2.24) is 5.32 Å². The van der Waals surface area contributed by atoms with E-state index in [2.05, 4.69) is 10.6 Å². The van der Waals surface area contributed by atoms with Gasteiger partial charge in [-0.1, -0.05) is 48.0 Å². The Morgan fingerprint density at radius 1 is 0.946 bits per heavy atom. The Morgan fingerprint density at radius 3 is 2.14 bits per heavy atom. The zero-order valence-corrected chi connectivity index (χ0v) is 21.2. The van der Waals surface area contributed by atoms with Crippen LogP contribution >= 0.6 is 11.6 Å². The fourth-order valence-corrected chi connectivity index (χ4v) is 4.56. The first kappa shape index (κ1) is 26.5. The second kappa shape index (κ2) is 9.74. The van der Waals surface area contributed by atoms with E-state index in [0.29, 0.717) is 45.7 Å². The summed E-state index contributed by atoms with van der Waals surface area (Å²) in [6.45, 7) is 5.15. The normalized spacial score (nSPS) is 15.1. The molecule has 4 rings (SSSR count). The number of carboxylic acid groups (broad SMARTS) is 1. The quantitative estimate of drug-likeness (QED) is 0.307. The fourth-order valence-electron chi connectivity index (χ4n) is 4.44. The lowest BCUT2D eigenvalue weighted by atomic mass is 9.94. The summed E-state index contributed by atoms with van der Waals surface area (Å²) in [6.07, 6.45) is -3.77. The molecule has 0 saturated heterocycles. The highest BCUT2D eigenvalue weighted by Crippen LogP contribution is 2.38. The Morgan fingerprint density at radius 2 is 1.59 bits per heavy atom. The number of carboxylic acids is 1. The Hall–Kier alpha value is -3.52. The van der Waals surface area contributed by atoms with Gasteiger partial charge >= 0.3 is 12.1 Å². The SMILES string of the molecule is Cc1cc(C(Nc2cccc(-c3cc(C)c(C(=O)NC4(C(=O)O)CC4)c(C)c3)c2)C(F)(F)F)ccc1Cl. The summed E-state index contributed by atoms with van der Waals surface area (Å²) in [7, 11) is 0. The van der Waals surface area contributed by atoms with Gasteiger partial charge in [0.25, 0.3) is 5.91 Å².